The van der Waals surface area contributed by atoms with E-state index in [0.717, 1.165) is 23.5 Å². The first-order chi connectivity index (χ1) is 9.79. The highest BCUT2D eigenvalue weighted by Gasteiger charge is 2.33. The lowest BCUT2D eigenvalue weighted by atomic mass is 9.95. The largest absolute Gasteiger partial charge is 0.368 e. The quantitative estimate of drug-likeness (QED) is 0.894. The Kier molecular flexibility index (Phi) is 4.52. The maximum absolute atomic E-state index is 6.43. The highest BCUT2D eigenvalue weighted by Crippen LogP contribution is 2.38. The molecule has 3 heteroatoms. The van der Waals surface area contributed by atoms with E-state index >= 15 is 0 Å². The maximum atomic E-state index is 6.43. The predicted octanol–water partition coefficient (Wildman–Crippen LogP) is 4.22. The van der Waals surface area contributed by atoms with E-state index < -0.39 is 0 Å². The summed E-state index contributed by atoms with van der Waals surface area (Å²) in [6, 6.07) is 7.36. The van der Waals surface area contributed by atoms with Crippen molar-refractivity contribution in [3.8, 4) is 0 Å². The SMILES string of the molecule is CNCc1ccc(N2CCCC2C2CCCC2)cc1Cl. The van der Waals surface area contributed by atoms with E-state index in [2.05, 4.69) is 28.4 Å². The lowest BCUT2D eigenvalue weighted by molar-refractivity contribution is 0.431. The average molecular weight is 293 g/mol. The number of anilines is 1. The van der Waals surface area contributed by atoms with E-state index in [1.54, 1.807) is 0 Å². The summed E-state index contributed by atoms with van der Waals surface area (Å²) in [5.41, 5.74) is 2.51. The molecule has 0 spiro atoms. The van der Waals surface area contributed by atoms with Crippen LogP contribution in [-0.4, -0.2) is 19.6 Å². The van der Waals surface area contributed by atoms with Gasteiger partial charge < -0.3 is 10.2 Å². The summed E-state index contributed by atoms with van der Waals surface area (Å²) in [5.74, 6) is 0.910. The molecule has 1 heterocycles. The molecule has 1 unspecified atom stereocenters. The molecule has 2 aliphatic rings. The van der Waals surface area contributed by atoms with Crippen molar-refractivity contribution in [2.75, 3.05) is 18.5 Å². The van der Waals surface area contributed by atoms with E-state index in [9.17, 15) is 0 Å². The van der Waals surface area contributed by atoms with Crippen LogP contribution in [-0.2, 0) is 6.54 Å². The summed E-state index contributed by atoms with van der Waals surface area (Å²) < 4.78 is 0. The van der Waals surface area contributed by atoms with Gasteiger partial charge in [0.15, 0.2) is 0 Å². The molecule has 0 aromatic heterocycles. The molecule has 110 valence electrons. The fourth-order valence-corrected chi connectivity index (χ4v) is 4.24. The maximum Gasteiger partial charge on any atom is 0.0471 e. The lowest BCUT2D eigenvalue weighted by Crippen LogP contribution is -2.34. The minimum atomic E-state index is 0.753. The molecule has 2 fully saturated rings. The zero-order valence-electron chi connectivity index (χ0n) is 12.4. The van der Waals surface area contributed by atoms with Crippen LogP contribution in [0.5, 0.6) is 0 Å². The number of benzene rings is 1. The van der Waals surface area contributed by atoms with Crippen molar-refractivity contribution in [1.29, 1.82) is 0 Å². The zero-order chi connectivity index (χ0) is 13.9. The molecular weight excluding hydrogens is 268 g/mol. The molecule has 0 radical (unpaired) electrons. The van der Waals surface area contributed by atoms with Gasteiger partial charge in [0.1, 0.15) is 0 Å². The predicted molar refractivity (Wildman–Crippen MR) is 86.5 cm³/mol. The molecule has 0 amide bonds. The first-order valence-electron chi connectivity index (χ1n) is 7.99. The van der Waals surface area contributed by atoms with Crippen molar-refractivity contribution in [2.45, 2.75) is 51.1 Å². The molecule has 3 rings (SSSR count). The van der Waals surface area contributed by atoms with Gasteiger partial charge in [0, 0.05) is 29.8 Å². The van der Waals surface area contributed by atoms with E-state index in [0.29, 0.717) is 0 Å². The van der Waals surface area contributed by atoms with Gasteiger partial charge >= 0.3 is 0 Å². The Balaban J connectivity index is 1.78. The minimum Gasteiger partial charge on any atom is -0.368 e. The van der Waals surface area contributed by atoms with Crippen molar-refractivity contribution in [3.05, 3.63) is 28.8 Å². The second-order valence-electron chi connectivity index (χ2n) is 6.25. The van der Waals surface area contributed by atoms with Crippen LogP contribution in [0.1, 0.15) is 44.1 Å². The van der Waals surface area contributed by atoms with Crippen LogP contribution in [0.4, 0.5) is 5.69 Å². The van der Waals surface area contributed by atoms with Crippen LogP contribution in [0.25, 0.3) is 0 Å². The third-order valence-electron chi connectivity index (χ3n) is 4.98. The molecule has 2 nitrogen and oxygen atoms in total. The van der Waals surface area contributed by atoms with Gasteiger partial charge in [-0.15, -0.1) is 0 Å². The number of halogens is 1. The highest BCUT2D eigenvalue weighted by molar-refractivity contribution is 6.31. The Morgan fingerprint density at radius 3 is 2.70 bits per heavy atom. The summed E-state index contributed by atoms with van der Waals surface area (Å²) in [5, 5.41) is 4.07. The molecule has 1 aliphatic carbocycles. The average Bonchev–Trinajstić information content (AvgIpc) is 3.11. The Morgan fingerprint density at radius 2 is 2.00 bits per heavy atom. The third kappa shape index (κ3) is 2.82. The number of hydrogen-bond acceptors (Lipinski definition) is 2. The zero-order valence-corrected chi connectivity index (χ0v) is 13.1. The van der Waals surface area contributed by atoms with Gasteiger partial charge in [-0.3, -0.25) is 0 Å². The van der Waals surface area contributed by atoms with Gasteiger partial charge in [-0.25, -0.2) is 0 Å². The second-order valence-corrected chi connectivity index (χ2v) is 6.66. The first-order valence-corrected chi connectivity index (χ1v) is 8.37. The summed E-state index contributed by atoms with van der Waals surface area (Å²) >= 11 is 6.43. The number of hydrogen-bond donors (Lipinski definition) is 1. The summed E-state index contributed by atoms with van der Waals surface area (Å²) in [6.07, 6.45) is 8.39. The number of nitrogens with one attached hydrogen (secondary N) is 1. The smallest absolute Gasteiger partial charge is 0.0471 e. The molecule has 1 aliphatic heterocycles. The topological polar surface area (TPSA) is 15.3 Å². The Hall–Kier alpha value is -0.730. The molecule has 20 heavy (non-hydrogen) atoms. The summed E-state index contributed by atoms with van der Waals surface area (Å²) in [7, 11) is 1.96. The minimum absolute atomic E-state index is 0.753. The normalized spacial score (nSPS) is 23.7. The highest BCUT2D eigenvalue weighted by atomic mass is 35.5. The van der Waals surface area contributed by atoms with E-state index in [4.69, 9.17) is 11.6 Å². The molecule has 1 aromatic carbocycles. The molecule has 1 aromatic rings. The van der Waals surface area contributed by atoms with Crippen molar-refractivity contribution in [3.63, 3.8) is 0 Å². The number of rotatable bonds is 4. The van der Waals surface area contributed by atoms with Crippen LogP contribution in [0.2, 0.25) is 5.02 Å². The van der Waals surface area contributed by atoms with Crippen molar-refractivity contribution < 1.29 is 0 Å². The Morgan fingerprint density at radius 1 is 1.20 bits per heavy atom. The molecule has 1 N–H and O–H groups in total. The molecule has 1 saturated carbocycles. The van der Waals surface area contributed by atoms with Crippen LogP contribution in [0.3, 0.4) is 0 Å². The standard InChI is InChI=1S/C17H25ClN2/c1-19-12-14-8-9-15(11-16(14)18)20-10-4-7-17(20)13-5-2-3-6-13/h8-9,11,13,17,19H,2-7,10,12H2,1H3. The first kappa shape index (κ1) is 14.2. The van der Waals surface area contributed by atoms with Gasteiger partial charge in [-0.05, 0) is 56.3 Å². The van der Waals surface area contributed by atoms with Crippen LogP contribution >= 0.6 is 11.6 Å². The second kappa shape index (κ2) is 6.36. The molecule has 1 atom stereocenters. The number of nitrogens with zero attached hydrogens (tertiary/aromatic N) is 1. The van der Waals surface area contributed by atoms with Crippen molar-refractivity contribution >= 4 is 17.3 Å². The van der Waals surface area contributed by atoms with Gasteiger partial charge in [-0.2, -0.15) is 0 Å². The van der Waals surface area contributed by atoms with Crippen LogP contribution < -0.4 is 10.2 Å². The van der Waals surface area contributed by atoms with Crippen molar-refractivity contribution in [1.82, 2.24) is 5.32 Å². The molecule has 0 bridgehead atoms. The van der Waals surface area contributed by atoms with Gasteiger partial charge in [0.05, 0.1) is 0 Å². The van der Waals surface area contributed by atoms with Crippen molar-refractivity contribution in [2.24, 2.45) is 5.92 Å². The van der Waals surface area contributed by atoms with Crippen LogP contribution in [0, 0.1) is 5.92 Å². The fraction of sp³-hybridized carbons (Fsp3) is 0.647. The molecule has 1 saturated heterocycles. The van der Waals surface area contributed by atoms with Gasteiger partial charge in [0.2, 0.25) is 0 Å². The Bertz CT molecular complexity index is 454. The molecular formula is C17H25ClN2. The summed E-state index contributed by atoms with van der Waals surface area (Å²) in [4.78, 5) is 2.62. The van der Waals surface area contributed by atoms with E-state index in [-0.39, 0.29) is 0 Å². The van der Waals surface area contributed by atoms with Gasteiger partial charge in [0.25, 0.3) is 0 Å². The Labute approximate surface area is 127 Å². The lowest BCUT2D eigenvalue weighted by Gasteiger charge is -2.31. The summed E-state index contributed by atoms with van der Waals surface area (Å²) in [6.45, 7) is 2.04. The third-order valence-corrected chi connectivity index (χ3v) is 5.33. The van der Waals surface area contributed by atoms with E-state index in [1.807, 2.05) is 7.05 Å². The fourth-order valence-electron chi connectivity index (χ4n) is 3.99. The monoisotopic (exact) mass is 292 g/mol. The van der Waals surface area contributed by atoms with Gasteiger partial charge in [-0.1, -0.05) is 30.5 Å². The van der Waals surface area contributed by atoms with Crippen LogP contribution in [0.15, 0.2) is 18.2 Å². The van der Waals surface area contributed by atoms with E-state index in [1.165, 1.54) is 56.3 Å².